The highest BCUT2D eigenvalue weighted by molar-refractivity contribution is 5.79. The quantitative estimate of drug-likeness (QED) is 0.591. The van der Waals surface area contributed by atoms with Gasteiger partial charge in [0.15, 0.2) is 0 Å². The Morgan fingerprint density at radius 2 is 1.54 bits per heavy atom. The Balaban J connectivity index is 0.000000362. The fraction of sp³-hybridized carbons (Fsp3) is 0.619. The summed E-state index contributed by atoms with van der Waals surface area (Å²) in [4.78, 5) is 38.6. The normalized spacial score (nSPS) is 22.7. The average molecular weight is 515 g/mol. The first kappa shape index (κ1) is 30.1. The number of carbonyl (C=O) groups is 3. The number of aromatic nitrogens is 1. The van der Waals surface area contributed by atoms with Crippen LogP contribution >= 0.6 is 0 Å². The van der Waals surface area contributed by atoms with Gasteiger partial charge >= 0.3 is 24.3 Å². The average Bonchev–Trinajstić information content (AvgIpc) is 3.03. The van der Waals surface area contributed by atoms with Gasteiger partial charge in [-0.2, -0.15) is 26.3 Å². The molecule has 1 amide bonds. The number of alkyl halides is 6. The van der Waals surface area contributed by atoms with Crippen LogP contribution in [0.25, 0.3) is 0 Å². The van der Waals surface area contributed by atoms with Crippen LogP contribution in [0.1, 0.15) is 44.6 Å². The van der Waals surface area contributed by atoms with Crippen LogP contribution in [0.3, 0.4) is 0 Å². The van der Waals surface area contributed by atoms with Crippen molar-refractivity contribution in [3.8, 4) is 0 Å². The van der Waals surface area contributed by atoms with E-state index in [-0.39, 0.29) is 5.54 Å². The zero-order valence-electron chi connectivity index (χ0n) is 19.1. The van der Waals surface area contributed by atoms with Crippen LogP contribution in [0.4, 0.5) is 26.3 Å². The molecule has 0 unspecified atom stereocenters. The van der Waals surface area contributed by atoms with Crippen molar-refractivity contribution >= 4 is 17.8 Å². The highest BCUT2D eigenvalue weighted by atomic mass is 19.4. The van der Waals surface area contributed by atoms with Gasteiger partial charge in [0.25, 0.3) is 0 Å². The van der Waals surface area contributed by atoms with E-state index in [9.17, 15) is 31.1 Å². The van der Waals surface area contributed by atoms with Gasteiger partial charge < -0.3 is 15.1 Å². The predicted molar refractivity (Wildman–Crippen MR) is 110 cm³/mol. The Labute approximate surface area is 197 Å². The first-order valence-electron chi connectivity index (χ1n) is 10.6. The molecule has 2 saturated heterocycles. The zero-order valence-corrected chi connectivity index (χ0v) is 19.1. The van der Waals surface area contributed by atoms with Gasteiger partial charge in [-0.3, -0.25) is 14.7 Å². The molecule has 2 atom stereocenters. The van der Waals surface area contributed by atoms with Crippen LogP contribution in [0.2, 0.25) is 0 Å². The molecule has 3 heterocycles. The summed E-state index contributed by atoms with van der Waals surface area (Å²) in [7, 11) is 2.01. The first-order valence-corrected chi connectivity index (χ1v) is 10.6. The Hall–Kier alpha value is -2.90. The van der Waals surface area contributed by atoms with Gasteiger partial charge in [-0.25, -0.2) is 9.59 Å². The predicted octanol–water partition coefficient (Wildman–Crippen LogP) is 3.71. The largest absolute Gasteiger partial charge is 0.490 e. The van der Waals surface area contributed by atoms with Gasteiger partial charge in [0.1, 0.15) is 0 Å². The number of rotatable bonds is 3. The number of carboxylic acid groups (broad SMARTS) is 2. The van der Waals surface area contributed by atoms with Crippen molar-refractivity contribution in [1.82, 2.24) is 14.8 Å². The molecule has 3 rings (SSSR count). The number of amides is 1. The van der Waals surface area contributed by atoms with Crippen molar-refractivity contribution in [2.75, 3.05) is 13.6 Å². The molecule has 0 radical (unpaired) electrons. The molecule has 0 bridgehead atoms. The van der Waals surface area contributed by atoms with E-state index in [4.69, 9.17) is 19.8 Å². The van der Waals surface area contributed by atoms with Crippen molar-refractivity contribution in [3.05, 3.63) is 30.1 Å². The van der Waals surface area contributed by atoms with Gasteiger partial charge in [0.05, 0.1) is 5.54 Å². The van der Waals surface area contributed by atoms with Crippen LogP contribution < -0.4 is 0 Å². The maximum Gasteiger partial charge on any atom is 0.490 e. The smallest absolute Gasteiger partial charge is 0.475 e. The molecule has 198 valence electrons. The molecular formula is C21H27F6N3O5. The van der Waals surface area contributed by atoms with Crippen molar-refractivity contribution in [1.29, 1.82) is 0 Å². The Kier molecular flexibility index (Phi) is 10.5. The van der Waals surface area contributed by atoms with E-state index in [0.717, 1.165) is 38.8 Å². The number of nitrogens with zero attached hydrogens (tertiary/aromatic N) is 3. The molecular weight excluding hydrogens is 488 g/mol. The minimum absolute atomic E-state index is 0.0666. The van der Waals surface area contributed by atoms with Crippen LogP contribution in [-0.4, -0.2) is 80.4 Å². The minimum atomic E-state index is -5.08. The third kappa shape index (κ3) is 8.37. The van der Waals surface area contributed by atoms with Gasteiger partial charge in [-0.05, 0) is 49.9 Å². The third-order valence-electron chi connectivity index (χ3n) is 5.94. The monoisotopic (exact) mass is 515 g/mol. The first-order chi connectivity index (χ1) is 16.1. The standard InChI is InChI=1S/C17H25N3O.2C2HF3O2/c1-3-15-17(9-5-16(21)19(17)2)8-4-12-20(15)13-14-6-10-18-11-7-14;2*3-2(4,5)1(6)7/h6-7,10-11,15H,3-5,8-9,12-13H2,1-2H3;2*(H,6,7)/t15-,17-;;/m0../s1. The molecule has 0 aromatic carbocycles. The van der Waals surface area contributed by atoms with E-state index >= 15 is 0 Å². The Bertz CT molecular complexity index is 841. The fourth-order valence-electron chi connectivity index (χ4n) is 4.39. The Morgan fingerprint density at radius 3 is 1.91 bits per heavy atom. The summed E-state index contributed by atoms with van der Waals surface area (Å²) in [6.45, 7) is 4.35. The third-order valence-corrected chi connectivity index (χ3v) is 5.94. The SMILES string of the molecule is CC[C@@H]1N(Cc2ccncc2)CCC[C@]12CCC(=O)N2C.O=C(O)C(F)(F)F.O=C(O)C(F)(F)F. The molecule has 0 aliphatic carbocycles. The molecule has 8 nitrogen and oxygen atoms in total. The second-order valence-corrected chi connectivity index (χ2v) is 8.02. The lowest BCUT2D eigenvalue weighted by atomic mass is 9.77. The molecule has 1 aromatic rings. The maximum atomic E-state index is 12.1. The number of pyridine rings is 1. The van der Waals surface area contributed by atoms with Crippen molar-refractivity contribution in [3.63, 3.8) is 0 Å². The second kappa shape index (κ2) is 12.2. The lowest BCUT2D eigenvalue weighted by molar-refractivity contribution is -0.193. The van der Waals surface area contributed by atoms with Crippen molar-refractivity contribution in [2.45, 2.75) is 69.5 Å². The summed E-state index contributed by atoms with van der Waals surface area (Å²) in [6.07, 6.45) is -1.27. The number of likely N-dealkylation sites (tertiary alicyclic amines) is 2. The molecule has 2 aliphatic rings. The lowest BCUT2D eigenvalue weighted by Gasteiger charge is -2.51. The number of aliphatic carboxylic acids is 2. The number of halogens is 6. The molecule has 2 N–H and O–H groups in total. The van der Waals surface area contributed by atoms with Gasteiger partial charge in [-0.1, -0.05) is 6.92 Å². The summed E-state index contributed by atoms with van der Waals surface area (Å²) >= 11 is 0. The second-order valence-electron chi connectivity index (χ2n) is 8.02. The van der Waals surface area contributed by atoms with E-state index in [1.807, 2.05) is 19.4 Å². The number of piperidine rings is 1. The van der Waals surface area contributed by atoms with Crippen LogP contribution in [0.15, 0.2) is 24.5 Å². The van der Waals surface area contributed by atoms with E-state index in [0.29, 0.717) is 11.9 Å². The molecule has 14 heteroatoms. The van der Waals surface area contributed by atoms with E-state index < -0.39 is 24.3 Å². The summed E-state index contributed by atoms with van der Waals surface area (Å²) in [5.74, 6) is -5.20. The molecule has 1 aromatic heterocycles. The highest BCUT2D eigenvalue weighted by Crippen LogP contribution is 2.42. The molecule has 2 fully saturated rings. The molecule has 2 aliphatic heterocycles. The van der Waals surface area contributed by atoms with Crippen LogP contribution in [-0.2, 0) is 20.9 Å². The highest BCUT2D eigenvalue weighted by Gasteiger charge is 2.51. The number of likely N-dealkylation sites (N-methyl/N-ethyl adjacent to an activating group) is 1. The summed E-state index contributed by atoms with van der Waals surface area (Å²) in [5, 5.41) is 14.2. The van der Waals surface area contributed by atoms with E-state index in [1.165, 1.54) is 12.0 Å². The summed E-state index contributed by atoms with van der Waals surface area (Å²) < 4.78 is 63.5. The van der Waals surface area contributed by atoms with Gasteiger partial charge in [0.2, 0.25) is 5.91 Å². The number of hydrogen-bond acceptors (Lipinski definition) is 5. The zero-order chi connectivity index (χ0) is 27.0. The van der Waals surface area contributed by atoms with E-state index in [2.05, 4.69) is 33.8 Å². The maximum absolute atomic E-state index is 12.1. The lowest BCUT2D eigenvalue weighted by Crippen LogP contribution is -2.61. The topological polar surface area (TPSA) is 111 Å². The number of carboxylic acids is 2. The van der Waals surface area contributed by atoms with Crippen molar-refractivity contribution < 1.29 is 50.9 Å². The molecule has 35 heavy (non-hydrogen) atoms. The van der Waals surface area contributed by atoms with Crippen molar-refractivity contribution in [2.24, 2.45) is 0 Å². The number of hydrogen-bond donors (Lipinski definition) is 2. The molecule has 1 spiro atoms. The number of carbonyl (C=O) groups excluding carboxylic acids is 1. The fourth-order valence-corrected chi connectivity index (χ4v) is 4.39. The van der Waals surface area contributed by atoms with Gasteiger partial charge in [0, 0.05) is 38.4 Å². The van der Waals surface area contributed by atoms with Crippen LogP contribution in [0.5, 0.6) is 0 Å². The summed E-state index contributed by atoms with van der Waals surface area (Å²) in [5.41, 5.74) is 1.38. The molecule has 0 saturated carbocycles. The Morgan fingerprint density at radius 1 is 1.06 bits per heavy atom. The minimum Gasteiger partial charge on any atom is -0.475 e. The van der Waals surface area contributed by atoms with Crippen LogP contribution in [0, 0.1) is 0 Å². The van der Waals surface area contributed by atoms with Gasteiger partial charge in [-0.15, -0.1) is 0 Å². The summed E-state index contributed by atoms with van der Waals surface area (Å²) in [6, 6.07) is 4.66. The van der Waals surface area contributed by atoms with E-state index in [1.54, 1.807) is 0 Å².